The normalized spacial score (nSPS) is 13.5. The Morgan fingerprint density at radius 3 is 1.17 bits per heavy atom. The molecule has 0 fully saturated rings. The van der Waals surface area contributed by atoms with E-state index in [1.165, 1.54) is 152 Å². The zero-order valence-electron chi connectivity index (χ0n) is 36.1. The van der Waals surface area contributed by atoms with E-state index in [1.807, 2.05) is 0 Å². The summed E-state index contributed by atoms with van der Waals surface area (Å²) in [6, 6.07) is 78.5. The summed E-state index contributed by atoms with van der Waals surface area (Å²) >= 11 is 0. The molecule has 65 heavy (non-hydrogen) atoms. The molecule has 0 heterocycles. The number of fused-ring (bicyclic) bond motifs is 16. The molecule has 0 bridgehead atoms. The maximum absolute atomic E-state index is 2.54. The van der Waals surface area contributed by atoms with Crippen molar-refractivity contribution < 1.29 is 0 Å². The van der Waals surface area contributed by atoms with Crippen molar-refractivity contribution in [2.75, 3.05) is 0 Å². The standard InChI is InChI=1S/C65H40/c1-65(2)61-35-57-47-19-8-6-17-45(47)44-16-5-7-18-46(44)55(57)33-59(61)60-34-56-49-21-10-9-20-48(49)54-32-40(26-28-52(54)58(56)36-62(60)65)41-30-31-50(43-15-4-3-14-42(41)43)51-27-24-39-23-22-37-12-11-13-38-25-29-53(51)64(39)63(37)38/h3-36H,1-2H3. The first-order chi connectivity index (χ1) is 32.0. The monoisotopic (exact) mass is 820 g/mol. The van der Waals surface area contributed by atoms with Crippen LogP contribution in [0, 0.1) is 0 Å². The summed E-state index contributed by atoms with van der Waals surface area (Å²) in [6.45, 7) is 4.86. The van der Waals surface area contributed by atoms with E-state index in [0.717, 1.165) is 0 Å². The molecule has 0 unspecified atom stereocenters. The highest BCUT2D eigenvalue weighted by Gasteiger charge is 2.37. The predicted octanol–water partition coefficient (Wildman–Crippen LogP) is 18.3. The van der Waals surface area contributed by atoms with E-state index in [2.05, 4.69) is 220 Å². The molecule has 0 spiro atoms. The van der Waals surface area contributed by atoms with E-state index in [0.29, 0.717) is 0 Å². The fourth-order valence-electron chi connectivity index (χ4n) is 12.5. The van der Waals surface area contributed by atoms with Gasteiger partial charge in [0.1, 0.15) is 0 Å². The molecular weight excluding hydrogens is 781 g/mol. The highest BCUT2D eigenvalue weighted by molar-refractivity contribution is 6.30. The Balaban J connectivity index is 0.933. The maximum atomic E-state index is 2.54. The van der Waals surface area contributed by atoms with Crippen molar-refractivity contribution in [2.45, 2.75) is 19.3 Å². The van der Waals surface area contributed by atoms with Crippen molar-refractivity contribution in [3.05, 3.63) is 217 Å². The van der Waals surface area contributed by atoms with Crippen molar-refractivity contribution in [3.8, 4) is 33.4 Å². The fourth-order valence-corrected chi connectivity index (χ4v) is 12.5. The first-order valence-corrected chi connectivity index (χ1v) is 23.0. The zero-order valence-corrected chi connectivity index (χ0v) is 36.1. The summed E-state index contributed by atoms with van der Waals surface area (Å²) in [5.74, 6) is 0. The minimum Gasteiger partial charge on any atom is -0.0616 e. The summed E-state index contributed by atoms with van der Waals surface area (Å²) in [5, 5.41) is 26.2. The van der Waals surface area contributed by atoms with Gasteiger partial charge in [0.25, 0.3) is 0 Å². The Bertz CT molecular complexity index is 4410. The predicted molar refractivity (Wildman–Crippen MR) is 281 cm³/mol. The van der Waals surface area contributed by atoms with Crippen LogP contribution >= 0.6 is 0 Å². The van der Waals surface area contributed by atoms with Crippen LogP contribution in [0.15, 0.2) is 206 Å². The Hall–Kier alpha value is -8.06. The van der Waals surface area contributed by atoms with Crippen LogP contribution in [0.2, 0.25) is 0 Å². The minimum absolute atomic E-state index is 0.174. The lowest BCUT2D eigenvalue weighted by atomic mass is 9.80. The van der Waals surface area contributed by atoms with Gasteiger partial charge < -0.3 is 0 Å². The van der Waals surface area contributed by atoms with Crippen LogP contribution in [0.3, 0.4) is 0 Å². The van der Waals surface area contributed by atoms with Gasteiger partial charge in [-0.15, -0.1) is 0 Å². The number of benzene rings is 14. The van der Waals surface area contributed by atoms with Crippen LogP contribution in [0.4, 0.5) is 0 Å². The molecule has 0 N–H and O–H groups in total. The van der Waals surface area contributed by atoms with E-state index in [9.17, 15) is 0 Å². The number of rotatable bonds is 2. The van der Waals surface area contributed by atoms with E-state index < -0.39 is 0 Å². The van der Waals surface area contributed by atoms with Crippen LogP contribution in [-0.2, 0) is 5.41 Å². The van der Waals surface area contributed by atoms with Crippen LogP contribution in [0.5, 0.6) is 0 Å². The molecule has 0 heteroatoms. The molecule has 14 aromatic carbocycles. The third-order valence-corrected chi connectivity index (χ3v) is 15.5. The Labute approximate surface area is 375 Å². The van der Waals surface area contributed by atoms with Crippen LogP contribution < -0.4 is 0 Å². The lowest BCUT2D eigenvalue weighted by Crippen LogP contribution is -2.15. The van der Waals surface area contributed by atoms with Gasteiger partial charge >= 0.3 is 0 Å². The summed E-state index contributed by atoms with van der Waals surface area (Å²) in [4.78, 5) is 0. The lowest BCUT2D eigenvalue weighted by molar-refractivity contribution is 0.662. The van der Waals surface area contributed by atoms with E-state index in [1.54, 1.807) is 0 Å². The average Bonchev–Trinajstić information content (AvgIpc) is 3.58. The van der Waals surface area contributed by atoms with Crippen molar-refractivity contribution >= 4 is 108 Å². The molecule has 0 radical (unpaired) electrons. The van der Waals surface area contributed by atoms with Crippen molar-refractivity contribution in [1.29, 1.82) is 0 Å². The summed E-state index contributed by atoms with van der Waals surface area (Å²) in [6.07, 6.45) is 0. The molecule has 14 aromatic rings. The molecule has 0 saturated carbocycles. The molecule has 0 saturated heterocycles. The van der Waals surface area contributed by atoms with Gasteiger partial charge in [-0.2, -0.15) is 0 Å². The van der Waals surface area contributed by atoms with Gasteiger partial charge in [0.05, 0.1) is 0 Å². The van der Waals surface area contributed by atoms with Gasteiger partial charge in [-0.3, -0.25) is 0 Å². The SMILES string of the molecule is CC1(C)c2cc3c4ccccc4c4ccccc4c3cc2-c2cc3c4ccccc4c4cc(-c5ccc(-c6ccc7ccc8cccc9ccc6c7c89)c6ccccc56)ccc4c3cc21. The third-order valence-electron chi connectivity index (χ3n) is 15.5. The molecule has 0 aromatic heterocycles. The molecule has 0 atom stereocenters. The minimum atomic E-state index is -0.174. The second-order valence-electron chi connectivity index (χ2n) is 19.1. The van der Waals surface area contributed by atoms with Crippen molar-refractivity contribution in [1.82, 2.24) is 0 Å². The fraction of sp³-hybridized carbons (Fsp3) is 0.0462. The van der Waals surface area contributed by atoms with Gasteiger partial charge in [-0.25, -0.2) is 0 Å². The second kappa shape index (κ2) is 12.6. The quantitative estimate of drug-likeness (QED) is 0.152. The van der Waals surface area contributed by atoms with Crippen LogP contribution in [0.25, 0.3) is 141 Å². The topological polar surface area (TPSA) is 0 Å². The highest BCUT2D eigenvalue weighted by atomic mass is 14.4. The number of hydrogen-bond acceptors (Lipinski definition) is 0. The molecule has 1 aliphatic carbocycles. The summed E-state index contributed by atoms with van der Waals surface area (Å²) in [5.41, 5.74) is 10.4. The highest BCUT2D eigenvalue weighted by Crippen LogP contribution is 2.54. The second-order valence-corrected chi connectivity index (χ2v) is 19.1. The molecular formula is C65H40. The van der Waals surface area contributed by atoms with Gasteiger partial charge in [-0.05, 0) is 183 Å². The van der Waals surface area contributed by atoms with Gasteiger partial charge in [0, 0.05) is 5.41 Å². The smallest absolute Gasteiger partial charge is 0.0159 e. The van der Waals surface area contributed by atoms with Gasteiger partial charge in [0.15, 0.2) is 0 Å². The first kappa shape index (κ1) is 35.4. The lowest BCUT2D eigenvalue weighted by Gasteiger charge is -2.23. The number of hydrogen-bond donors (Lipinski definition) is 0. The van der Waals surface area contributed by atoms with E-state index >= 15 is 0 Å². The Morgan fingerprint density at radius 2 is 0.600 bits per heavy atom. The van der Waals surface area contributed by atoms with Gasteiger partial charge in [0.2, 0.25) is 0 Å². The Morgan fingerprint density at radius 1 is 0.231 bits per heavy atom. The van der Waals surface area contributed by atoms with Gasteiger partial charge in [-0.1, -0.05) is 190 Å². The van der Waals surface area contributed by atoms with Crippen molar-refractivity contribution in [2.24, 2.45) is 0 Å². The Kier molecular flexibility index (Phi) is 6.84. The average molecular weight is 821 g/mol. The van der Waals surface area contributed by atoms with Crippen LogP contribution in [0.1, 0.15) is 25.0 Å². The molecule has 0 amide bonds. The molecule has 0 nitrogen and oxygen atoms in total. The molecule has 1 aliphatic rings. The first-order valence-electron chi connectivity index (χ1n) is 23.0. The molecule has 300 valence electrons. The molecule has 15 rings (SSSR count). The van der Waals surface area contributed by atoms with E-state index in [-0.39, 0.29) is 5.41 Å². The van der Waals surface area contributed by atoms with Crippen LogP contribution in [-0.4, -0.2) is 0 Å². The van der Waals surface area contributed by atoms with E-state index in [4.69, 9.17) is 0 Å². The summed E-state index contributed by atoms with van der Waals surface area (Å²) < 4.78 is 0. The largest absolute Gasteiger partial charge is 0.0616 e. The summed E-state index contributed by atoms with van der Waals surface area (Å²) in [7, 11) is 0. The maximum Gasteiger partial charge on any atom is 0.0159 e. The van der Waals surface area contributed by atoms with Crippen molar-refractivity contribution in [3.63, 3.8) is 0 Å². The molecule has 0 aliphatic heterocycles. The third kappa shape index (κ3) is 4.66. The zero-order chi connectivity index (χ0) is 42.7.